The summed E-state index contributed by atoms with van der Waals surface area (Å²) in [6, 6.07) is 8.05. The molecule has 1 aromatic heterocycles. The second kappa shape index (κ2) is 7.04. The minimum Gasteiger partial charge on any atom is -0.369 e. The zero-order chi connectivity index (χ0) is 15.2. The van der Waals surface area contributed by atoms with Gasteiger partial charge in [-0.2, -0.15) is 4.98 Å². The zero-order valence-corrected chi connectivity index (χ0v) is 13.1. The molecule has 0 radical (unpaired) electrons. The number of benzene rings is 1. The van der Waals surface area contributed by atoms with Crippen LogP contribution in [-0.2, 0) is 0 Å². The summed E-state index contributed by atoms with van der Waals surface area (Å²) in [5.41, 5.74) is 3.51. The van der Waals surface area contributed by atoms with Crippen molar-refractivity contribution in [3.8, 4) is 0 Å². The Morgan fingerprint density at radius 3 is 2.71 bits per heavy atom. The van der Waals surface area contributed by atoms with Gasteiger partial charge in [-0.25, -0.2) is 4.98 Å². The van der Waals surface area contributed by atoms with Crippen molar-refractivity contribution in [2.24, 2.45) is 0 Å². The monoisotopic (exact) mass is 285 g/mol. The number of aromatic nitrogens is 2. The first-order valence-corrected chi connectivity index (χ1v) is 7.11. The Morgan fingerprint density at radius 1 is 1.14 bits per heavy atom. The van der Waals surface area contributed by atoms with Crippen LogP contribution in [0.1, 0.15) is 11.1 Å². The van der Waals surface area contributed by atoms with Crippen molar-refractivity contribution >= 4 is 17.5 Å². The van der Waals surface area contributed by atoms with Crippen LogP contribution in [0.4, 0.5) is 17.5 Å². The molecule has 21 heavy (non-hydrogen) atoms. The van der Waals surface area contributed by atoms with Crippen LogP contribution in [0, 0.1) is 13.8 Å². The number of hydrogen-bond acceptors (Lipinski definition) is 5. The predicted octanol–water partition coefficient (Wildman–Crippen LogP) is 2.81. The summed E-state index contributed by atoms with van der Waals surface area (Å²) in [7, 11) is 4.10. The summed E-state index contributed by atoms with van der Waals surface area (Å²) < 4.78 is 0. The molecule has 0 saturated carbocycles. The maximum absolute atomic E-state index is 4.48. The van der Waals surface area contributed by atoms with E-state index in [2.05, 4.69) is 59.5 Å². The fraction of sp³-hybridized carbons (Fsp3) is 0.375. The largest absolute Gasteiger partial charge is 0.369 e. The zero-order valence-electron chi connectivity index (χ0n) is 13.1. The highest BCUT2D eigenvalue weighted by Crippen LogP contribution is 2.21. The van der Waals surface area contributed by atoms with Gasteiger partial charge in [0.25, 0.3) is 0 Å². The fourth-order valence-electron chi connectivity index (χ4n) is 1.93. The molecular formula is C16H23N5. The number of nitrogens with one attached hydrogen (secondary N) is 2. The molecule has 0 fully saturated rings. The van der Waals surface area contributed by atoms with Gasteiger partial charge in [0.05, 0.1) is 0 Å². The molecule has 0 spiro atoms. The molecule has 5 heteroatoms. The minimum absolute atomic E-state index is 0.610. The van der Waals surface area contributed by atoms with Crippen LogP contribution >= 0.6 is 0 Å². The molecule has 1 heterocycles. The molecule has 0 aliphatic heterocycles. The molecule has 112 valence electrons. The van der Waals surface area contributed by atoms with Gasteiger partial charge in [0.2, 0.25) is 5.95 Å². The van der Waals surface area contributed by atoms with E-state index in [1.165, 1.54) is 11.1 Å². The lowest BCUT2D eigenvalue weighted by Gasteiger charge is -2.12. The van der Waals surface area contributed by atoms with E-state index in [-0.39, 0.29) is 0 Å². The van der Waals surface area contributed by atoms with Crippen molar-refractivity contribution in [1.82, 2.24) is 14.9 Å². The van der Waals surface area contributed by atoms with Crippen molar-refractivity contribution in [3.05, 3.63) is 41.6 Å². The number of hydrogen-bond donors (Lipinski definition) is 2. The summed E-state index contributed by atoms with van der Waals surface area (Å²) in [5.74, 6) is 1.44. The van der Waals surface area contributed by atoms with Crippen LogP contribution in [-0.4, -0.2) is 42.1 Å². The number of rotatable bonds is 6. The van der Waals surface area contributed by atoms with E-state index in [9.17, 15) is 0 Å². The van der Waals surface area contributed by atoms with Crippen LogP contribution in [0.15, 0.2) is 30.5 Å². The van der Waals surface area contributed by atoms with Crippen molar-refractivity contribution in [2.45, 2.75) is 13.8 Å². The second-order valence-electron chi connectivity index (χ2n) is 5.37. The molecule has 2 N–H and O–H groups in total. The molecule has 2 rings (SSSR count). The van der Waals surface area contributed by atoms with E-state index in [1.807, 2.05) is 18.2 Å². The van der Waals surface area contributed by atoms with Gasteiger partial charge in [-0.3, -0.25) is 0 Å². The van der Waals surface area contributed by atoms with Crippen LogP contribution in [0.2, 0.25) is 0 Å². The Bertz CT molecular complexity index is 595. The summed E-state index contributed by atoms with van der Waals surface area (Å²) in [4.78, 5) is 10.9. The normalized spacial score (nSPS) is 10.7. The van der Waals surface area contributed by atoms with Gasteiger partial charge < -0.3 is 15.5 Å². The summed E-state index contributed by atoms with van der Waals surface area (Å²) in [6.45, 7) is 6.01. The van der Waals surface area contributed by atoms with E-state index in [1.54, 1.807) is 6.20 Å². The average molecular weight is 285 g/mol. The van der Waals surface area contributed by atoms with Gasteiger partial charge in [0.1, 0.15) is 5.82 Å². The Morgan fingerprint density at radius 2 is 1.95 bits per heavy atom. The lowest BCUT2D eigenvalue weighted by molar-refractivity contribution is 0.425. The van der Waals surface area contributed by atoms with E-state index >= 15 is 0 Å². The Balaban J connectivity index is 2.05. The molecule has 0 unspecified atom stereocenters. The average Bonchev–Trinajstić information content (AvgIpc) is 2.44. The van der Waals surface area contributed by atoms with E-state index in [0.717, 1.165) is 24.6 Å². The van der Waals surface area contributed by atoms with Crippen LogP contribution in [0.25, 0.3) is 0 Å². The summed E-state index contributed by atoms with van der Waals surface area (Å²) >= 11 is 0. The molecule has 0 amide bonds. The minimum atomic E-state index is 0.610. The maximum Gasteiger partial charge on any atom is 0.229 e. The van der Waals surface area contributed by atoms with Crippen LogP contribution in [0.3, 0.4) is 0 Å². The number of nitrogens with zero attached hydrogens (tertiary/aromatic N) is 3. The molecule has 0 aliphatic carbocycles. The SMILES string of the molecule is Cc1cccc(Nc2nccc(NCCN(C)C)n2)c1C. The molecular weight excluding hydrogens is 262 g/mol. The highest BCUT2D eigenvalue weighted by molar-refractivity contribution is 5.60. The van der Waals surface area contributed by atoms with Gasteiger partial charge in [-0.1, -0.05) is 12.1 Å². The van der Waals surface area contributed by atoms with Gasteiger partial charge in [0, 0.05) is 25.0 Å². The fourth-order valence-corrected chi connectivity index (χ4v) is 1.93. The third-order valence-electron chi connectivity index (χ3n) is 3.37. The first-order chi connectivity index (χ1) is 10.1. The Kier molecular flexibility index (Phi) is 5.11. The number of aryl methyl sites for hydroxylation is 1. The van der Waals surface area contributed by atoms with Crippen LogP contribution < -0.4 is 10.6 Å². The van der Waals surface area contributed by atoms with Gasteiger partial charge in [-0.05, 0) is 51.2 Å². The third kappa shape index (κ3) is 4.43. The third-order valence-corrected chi connectivity index (χ3v) is 3.37. The summed E-state index contributed by atoms with van der Waals surface area (Å²) in [6.07, 6.45) is 1.76. The molecule has 0 atom stereocenters. The smallest absolute Gasteiger partial charge is 0.229 e. The number of likely N-dealkylation sites (N-methyl/N-ethyl adjacent to an activating group) is 1. The van der Waals surface area contributed by atoms with Crippen molar-refractivity contribution in [1.29, 1.82) is 0 Å². The molecule has 1 aromatic carbocycles. The van der Waals surface area contributed by atoms with Crippen molar-refractivity contribution < 1.29 is 0 Å². The van der Waals surface area contributed by atoms with Crippen molar-refractivity contribution in [3.63, 3.8) is 0 Å². The standard InChI is InChI=1S/C16H23N5/c1-12-6-5-7-14(13(12)2)19-16-18-9-8-15(20-16)17-10-11-21(3)4/h5-9H,10-11H2,1-4H3,(H2,17,18,19,20). The highest BCUT2D eigenvalue weighted by Gasteiger charge is 2.04. The van der Waals surface area contributed by atoms with Crippen molar-refractivity contribution in [2.75, 3.05) is 37.8 Å². The lowest BCUT2D eigenvalue weighted by Crippen LogP contribution is -2.21. The first-order valence-electron chi connectivity index (χ1n) is 7.11. The lowest BCUT2D eigenvalue weighted by atomic mass is 10.1. The molecule has 0 aliphatic rings. The van der Waals surface area contributed by atoms with Gasteiger partial charge in [-0.15, -0.1) is 0 Å². The summed E-state index contributed by atoms with van der Waals surface area (Å²) in [5, 5.41) is 6.58. The first kappa shape index (κ1) is 15.3. The number of anilines is 3. The topological polar surface area (TPSA) is 53.1 Å². The molecule has 5 nitrogen and oxygen atoms in total. The van der Waals surface area contributed by atoms with E-state index in [4.69, 9.17) is 0 Å². The van der Waals surface area contributed by atoms with E-state index < -0.39 is 0 Å². The second-order valence-corrected chi connectivity index (χ2v) is 5.37. The Labute approximate surface area is 126 Å². The molecule has 0 bridgehead atoms. The highest BCUT2D eigenvalue weighted by atomic mass is 15.2. The van der Waals surface area contributed by atoms with Gasteiger partial charge >= 0.3 is 0 Å². The molecule has 2 aromatic rings. The van der Waals surface area contributed by atoms with Crippen LogP contribution in [0.5, 0.6) is 0 Å². The molecule has 0 saturated heterocycles. The Hall–Kier alpha value is -2.14. The van der Waals surface area contributed by atoms with E-state index in [0.29, 0.717) is 5.95 Å². The maximum atomic E-state index is 4.48. The predicted molar refractivity (Wildman–Crippen MR) is 88.3 cm³/mol. The van der Waals surface area contributed by atoms with Gasteiger partial charge in [0.15, 0.2) is 0 Å². The quantitative estimate of drug-likeness (QED) is 0.855.